The molecular formula is C19H22NP. The third kappa shape index (κ3) is 2.91. The lowest BCUT2D eigenvalue weighted by Crippen LogP contribution is -2.14. The number of nitrogens with one attached hydrogen (secondary N) is 1. The molecule has 0 spiro atoms. The Balaban J connectivity index is 1.63. The minimum absolute atomic E-state index is 0.151. The first kappa shape index (κ1) is 13.5. The van der Waals surface area contributed by atoms with E-state index in [0.29, 0.717) is 0 Å². The summed E-state index contributed by atoms with van der Waals surface area (Å²) >= 11 is 0. The summed E-state index contributed by atoms with van der Waals surface area (Å²) in [6, 6.07) is 23.1. The van der Waals surface area contributed by atoms with Crippen LogP contribution in [-0.2, 0) is 0 Å². The number of hydrogen-bond donors (Lipinski definition) is 1. The van der Waals surface area contributed by atoms with Gasteiger partial charge in [0.25, 0.3) is 0 Å². The van der Waals surface area contributed by atoms with Gasteiger partial charge in [-0.25, -0.2) is 0 Å². The van der Waals surface area contributed by atoms with Crippen LogP contribution in [0.5, 0.6) is 0 Å². The maximum absolute atomic E-state index is 4.01. The van der Waals surface area contributed by atoms with Crippen molar-refractivity contribution >= 4 is 8.07 Å². The Kier molecular flexibility index (Phi) is 3.80. The predicted octanol–water partition coefficient (Wildman–Crippen LogP) is 5.41. The van der Waals surface area contributed by atoms with Gasteiger partial charge >= 0.3 is 0 Å². The SMILES string of the molecule is c1ccc([C@H]2CC[C@H](c3ccccc3)P2NC2CC2)cc1. The van der Waals surface area contributed by atoms with Gasteiger partial charge in [-0.3, -0.25) is 5.09 Å². The smallest absolute Gasteiger partial charge is 0.0178 e. The maximum Gasteiger partial charge on any atom is 0.0178 e. The third-order valence-electron chi connectivity index (χ3n) is 4.66. The van der Waals surface area contributed by atoms with Crippen LogP contribution < -0.4 is 5.09 Å². The van der Waals surface area contributed by atoms with E-state index in [2.05, 4.69) is 65.8 Å². The van der Waals surface area contributed by atoms with E-state index >= 15 is 0 Å². The van der Waals surface area contributed by atoms with Gasteiger partial charge in [0.2, 0.25) is 0 Å². The van der Waals surface area contributed by atoms with Gasteiger partial charge in [-0.15, -0.1) is 0 Å². The van der Waals surface area contributed by atoms with Crippen molar-refractivity contribution in [3.63, 3.8) is 0 Å². The van der Waals surface area contributed by atoms with E-state index < -0.39 is 0 Å². The molecule has 21 heavy (non-hydrogen) atoms. The maximum atomic E-state index is 4.01. The second-order valence-electron chi connectivity index (χ2n) is 6.24. The summed E-state index contributed by atoms with van der Waals surface area (Å²) in [6.45, 7) is 0. The molecule has 4 rings (SSSR count). The molecule has 2 heteroatoms. The van der Waals surface area contributed by atoms with Crippen molar-refractivity contribution in [1.29, 1.82) is 0 Å². The molecule has 1 nitrogen and oxygen atoms in total. The van der Waals surface area contributed by atoms with E-state index in [9.17, 15) is 0 Å². The van der Waals surface area contributed by atoms with Gasteiger partial charge in [-0.1, -0.05) is 60.7 Å². The molecular weight excluding hydrogens is 273 g/mol. The number of hydrogen-bond acceptors (Lipinski definition) is 1. The van der Waals surface area contributed by atoms with Crippen LogP contribution in [-0.4, -0.2) is 6.04 Å². The van der Waals surface area contributed by atoms with Gasteiger partial charge < -0.3 is 0 Å². The molecule has 0 radical (unpaired) electrons. The van der Waals surface area contributed by atoms with Crippen molar-refractivity contribution in [2.45, 2.75) is 43.0 Å². The minimum atomic E-state index is -0.151. The Morgan fingerprint density at radius 2 is 1.14 bits per heavy atom. The normalized spacial score (nSPS) is 26.1. The first-order valence-electron chi connectivity index (χ1n) is 8.06. The molecule has 0 amide bonds. The number of benzene rings is 2. The lowest BCUT2D eigenvalue weighted by Gasteiger charge is -2.27. The molecule has 0 aromatic heterocycles. The minimum Gasteiger partial charge on any atom is -0.292 e. The van der Waals surface area contributed by atoms with Crippen LogP contribution in [0.2, 0.25) is 0 Å². The molecule has 1 aliphatic heterocycles. The second-order valence-corrected chi connectivity index (χ2v) is 8.56. The fourth-order valence-electron chi connectivity index (χ4n) is 3.42. The molecule has 0 unspecified atom stereocenters. The van der Waals surface area contributed by atoms with Gasteiger partial charge in [-0.05, 0) is 44.9 Å². The zero-order valence-electron chi connectivity index (χ0n) is 12.3. The first-order chi connectivity index (χ1) is 10.4. The van der Waals surface area contributed by atoms with Crippen molar-refractivity contribution in [1.82, 2.24) is 5.09 Å². The van der Waals surface area contributed by atoms with Crippen LogP contribution in [0.4, 0.5) is 0 Å². The highest BCUT2D eigenvalue weighted by molar-refractivity contribution is 7.56. The van der Waals surface area contributed by atoms with E-state index in [1.165, 1.54) is 36.8 Å². The summed E-state index contributed by atoms with van der Waals surface area (Å²) in [5.74, 6) is 0. The Morgan fingerprint density at radius 1 is 0.667 bits per heavy atom. The standard InChI is InChI=1S/C19H22NP/c1-3-7-15(8-4-1)18-13-14-19(16-9-5-2-6-10-16)21(18)20-17-11-12-17/h1-10,17-20H,11-14H2/t18-,19-/m1/s1. The average Bonchev–Trinajstić information content (AvgIpc) is 3.27. The van der Waals surface area contributed by atoms with Crippen LogP contribution >= 0.6 is 8.07 Å². The molecule has 108 valence electrons. The quantitative estimate of drug-likeness (QED) is 0.743. The van der Waals surface area contributed by atoms with Crippen molar-refractivity contribution in [2.75, 3.05) is 0 Å². The Bertz CT molecular complexity index is 532. The molecule has 1 saturated carbocycles. The summed E-state index contributed by atoms with van der Waals surface area (Å²) in [5, 5.41) is 4.01. The van der Waals surface area contributed by atoms with E-state index in [1.54, 1.807) is 0 Å². The van der Waals surface area contributed by atoms with E-state index in [-0.39, 0.29) is 8.07 Å². The van der Waals surface area contributed by atoms with Crippen LogP contribution in [0, 0.1) is 0 Å². The highest BCUT2D eigenvalue weighted by atomic mass is 31.1. The van der Waals surface area contributed by atoms with Crippen LogP contribution in [0.15, 0.2) is 60.7 Å². The second kappa shape index (κ2) is 5.91. The van der Waals surface area contributed by atoms with Crippen LogP contribution in [0.25, 0.3) is 0 Å². The molecule has 0 bridgehead atoms. The average molecular weight is 295 g/mol. The van der Waals surface area contributed by atoms with Crippen LogP contribution in [0.3, 0.4) is 0 Å². The lowest BCUT2D eigenvalue weighted by atomic mass is 10.0. The van der Waals surface area contributed by atoms with E-state index in [0.717, 1.165) is 17.4 Å². The van der Waals surface area contributed by atoms with Gasteiger partial charge in [0.1, 0.15) is 0 Å². The fraction of sp³-hybridized carbons (Fsp3) is 0.368. The molecule has 1 saturated heterocycles. The highest BCUT2D eigenvalue weighted by Gasteiger charge is 2.40. The monoisotopic (exact) mass is 295 g/mol. The van der Waals surface area contributed by atoms with Gasteiger partial charge in [-0.2, -0.15) is 0 Å². The highest BCUT2D eigenvalue weighted by Crippen LogP contribution is 2.68. The first-order valence-corrected chi connectivity index (χ1v) is 9.54. The largest absolute Gasteiger partial charge is 0.292 e. The molecule has 2 atom stereocenters. The fourth-order valence-corrected chi connectivity index (χ4v) is 6.73. The third-order valence-corrected chi connectivity index (χ3v) is 7.78. The zero-order chi connectivity index (χ0) is 14.1. The number of rotatable bonds is 4. The summed E-state index contributed by atoms with van der Waals surface area (Å²) in [7, 11) is -0.151. The van der Waals surface area contributed by atoms with Crippen molar-refractivity contribution < 1.29 is 0 Å². The molecule has 2 aromatic carbocycles. The predicted molar refractivity (Wildman–Crippen MR) is 90.7 cm³/mol. The summed E-state index contributed by atoms with van der Waals surface area (Å²) in [5.41, 5.74) is 4.53. The summed E-state index contributed by atoms with van der Waals surface area (Å²) in [6.07, 6.45) is 5.41. The summed E-state index contributed by atoms with van der Waals surface area (Å²) in [4.78, 5) is 0. The molecule has 1 aliphatic carbocycles. The Hall–Kier alpha value is -1.17. The van der Waals surface area contributed by atoms with E-state index in [1.807, 2.05) is 0 Å². The molecule has 2 aromatic rings. The molecule has 1 heterocycles. The molecule has 2 aliphatic rings. The summed E-state index contributed by atoms with van der Waals surface area (Å²) < 4.78 is 0. The zero-order valence-corrected chi connectivity index (χ0v) is 13.2. The molecule has 1 N–H and O–H groups in total. The van der Waals surface area contributed by atoms with Gasteiger partial charge in [0, 0.05) is 17.4 Å². The topological polar surface area (TPSA) is 12.0 Å². The van der Waals surface area contributed by atoms with Crippen LogP contribution in [0.1, 0.15) is 48.1 Å². The lowest BCUT2D eigenvalue weighted by molar-refractivity contribution is 0.765. The Labute approximate surface area is 128 Å². The van der Waals surface area contributed by atoms with Gasteiger partial charge in [0.05, 0.1) is 0 Å². The van der Waals surface area contributed by atoms with Crippen molar-refractivity contribution in [3.8, 4) is 0 Å². The molecule has 2 fully saturated rings. The van der Waals surface area contributed by atoms with Gasteiger partial charge in [0.15, 0.2) is 0 Å². The Morgan fingerprint density at radius 3 is 1.57 bits per heavy atom. The van der Waals surface area contributed by atoms with E-state index in [4.69, 9.17) is 0 Å². The van der Waals surface area contributed by atoms with Crippen molar-refractivity contribution in [2.24, 2.45) is 0 Å². The van der Waals surface area contributed by atoms with Crippen molar-refractivity contribution in [3.05, 3.63) is 71.8 Å².